The summed E-state index contributed by atoms with van der Waals surface area (Å²) in [7, 11) is 0.245. The molecule has 1 unspecified atom stereocenters. The maximum atomic E-state index is 3.79. The second kappa shape index (κ2) is 24.3. The van der Waals surface area contributed by atoms with Gasteiger partial charge in [-0.05, 0) is 131 Å². The Balaban J connectivity index is 1.42. The Labute approximate surface area is 341 Å². The van der Waals surface area contributed by atoms with Crippen LogP contribution in [-0.2, 0) is 5.41 Å². The summed E-state index contributed by atoms with van der Waals surface area (Å²) in [5.74, 6) is 1.19. The van der Waals surface area contributed by atoms with Crippen LogP contribution in [0.25, 0.3) is 5.57 Å². The molecule has 2 nitrogen and oxygen atoms in total. The van der Waals surface area contributed by atoms with Crippen LogP contribution in [0, 0.1) is 41.5 Å². The number of rotatable bonds is 25. The van der Waals surface area contributed by atoms with Crippen LogP contribution in [0.1, 0.15) is 174 Å². The Bertz CT molecular complexity index is 1520. The van der Waals surface area contributed by atoms with Gasteiger partial charge in [0.05, 0.1) is 5.41 Å². The second-order valence-electron chi connectivity index (χ2n) is 17.3. The lowest BCUT2D eigenvalue weighted by Gasteiger charge is -2.39. The van der Waals surface area contributed by atoms with E-state index in [1.807, 2.05) is 0 Å². The van der Waals surface area contributed by atoms with Gasteiger partial charge in [0.2, 0.25) is 0 Å². The SMILES string of the molecule is CCCCCCCCP(CCCCCCCC)CCCCCCCC=CC1(c2c(C)cc(C)cc2C)C=CC=C(c2c(C)cc(C)cc2C)C1=C1NCCN1. The highest BCUT2D eigenvalue weighted by molar-refractivity contribution is 7.57. The molecular weight excluding hydrogens is 684 g/mol. The maximum Gasteiger partial charge on any atom is 0.104 e. The third kappa shape index (κ3) is 13.5. The van der Waals surface area contributed by atoms with Crippen molar-refractivity contribution in [2.45, 2.75) is 176 Å². The summed E-state index contributed by atoms with van der Waals surface area (Å²) in [6.07, 6.45) is 42.2. The van der Waals surface area contributed by atoms with Crippen LogP contribution in [-0.4, -0.2) is 31.6 Å². The summed E-state index contributed by atoms with van der Waals surface area (Å²) in [6.45, 7) is 20.2. The van der Waals surface area contributed by atoms with Gasteiger partial charge in [0.25, 0.3) is 0 Å². The molecule has 2 aromatic carbocycles. The van der Waals surface area contributed by atoms with Crippen molar-refractivity contribution < 1.29 is 0 Å². The van der Waals surface area contributed by atoms with Gasteiger partial charge >= 0.3 is 0 Å². The van der Waals surface area contributed by atoms with E-state index < -0.39 is 0 Å². The molecule has 0 radical (unpaired) electrons. The Morgan fingerprint density at radius 2 is 1.04 bits per heavy atom. The average Bonchev–Trinajstić information content (AvgIpc) is 3.67. The highest BCUT2D eigenvalue weighted by Crippen LogP contribution is 2.50. The Kier molecular flexibility index (Phi) is 19.9. The van der Waals surface area contributed by atoms with Crippen LogP contribution in [0.5, 0.6) is 0 Å². The second-order valence-corrected chi connectivity index (χ2v) is 20.0. The predicted molar refractivity (Wildman–Crippen MR) is 248 cm³/mol. The van der Waals surface area contributed by atoms with Crippen molar-refractivity contribution >= 4 is 13.5 Å². The van der Waals surface area contributed by atoms with E-state index >= 15 is 0 Å². The fourth-order valence-corrected chi connectivity index (χ4v) is 12.4. The lowest BCUT2D eigenvalue weighted by atomic mass is 9.64. The van der Waals surface area contributed by atoms with Gasteiger partial charge in [-0.1, -0.05) is 163 Å². The lowest BCUT2D eigenvalue weighted by molar-refractivity contribution is 0.619. The van der Waals surface area contributed by atoms with Gasteiger partial charge in [0.1, 0.15) is 5.82 Å². The molecular formula is C52H81N2P. The minimum absolute atomic E-state index is 0.245. The molecule has 2 N–H and O–H groups in total. The first-order valence-corrected chi connectivity index (χ1v) is 24.8. The molecule has 0 aromatic heterocycles. The minimum Gasteiger partial charge on any atom is -0.370 e. The Morgan fingerprint density at radius 1 is 0.582 bits per heavy atom. The number of hydrogen-bond donors (Lipinski definition) is 2. The Morgan fingerprint density at radius 3 is 1.55 bits per heavy atom. The molecule has 0 amide bonds. The number of aryl methyl sites for hydroxylation is 6. The first kappa shape index (κ1) is 45.1. The van der Waals surface area contributed by atoms with Gasteiger partial charge in [-0.2, -0.15) is 0 Å². The summed E-state index contributed by atoms with van der Waals surface area (Å²) in [4.78, 5) is 0. The first-order valence-electron chi connectivity index (χ1n) is 22.9. The monoisotopic (exact) mass is 765 g/mol. The zero-order chi connectivity index (χ0) is 39.5. The highest BCUT2D eigenvalue weighted by atomic mass is 31.1. The molecule has 0 saturated carbocycles. The topological polar surface area (TPSA) is 24.1 Å². The van der Waals surface area contributed by atoms with E-state index in [2.05, 4.69) is 121 Å². The molecule has 3 heteroatoms. The van der Waals surface area contributed by atoms with E-state index in [1.54, 1.807) is 12.3 Å². The van der Waals surface area contributed by atoms with Gasteiger partial charge in [-0.15, -0.1) is 7.92 Å². The van der Waals surface area contributed by atoms with Crippen LogP contribution in [0.15, 0.2) is 66.0 Å². The molecule has 1 aliphatic carbocycles. The maximum absolute atomic E-state index is 3.79. The van der Waals surface area contributed by atoms with Crippen LogP contribution < -0.4 is 10.6 Å². The van der Waals surface area contributed by atoms with E-state index in [0.29, 0.717) is 0 Å². The van der Waals surface area contributed by atoms with Gasteiger partial charge in [-0.3, -0.25) is 0 Å². The number of hydrogen-bond acceptors (Lipinski definition) is 2. The number of unbranched alkanes of at least 4 members (excludes halogenated alkanes) is 15. The normalized spacial score (nSPS) is 17.1. The third-order valence-electron chi connectivity index (χ3n) is 12.2. The quantitative estimate of drug-likeness (QED) is 0.0598. The Hall–Kier alpha value is -2.57. The number of nitrogens with one attached hydrogen (secondary N) is 2. The summed E-state index contributed by atoms with van der Waals surface area (Å²) in [6, 6.07) is 9.48. The van der Waals surface area contributed by atoms with Gasteiger partial charge < -0.3 is 10.6 Å². The van der Waals surface area contributed by atoms with Crippen molar-refractivity contribution in [2.24, 2.45) is 0 Å². The standard InChI is InChI=1S/C52H81N2P/c1-9-11-13-15-21-25-34-55(35-26-22-16-14-12-10-2)36-27-23-19-17-18-20-24-30-52(49-45(7)39-42(4)40-46(49)8)31-28-29-47(50(52)51-53-32-33-54-51)48-43(5)37-41(3)38-44(48)6/h24,28-31,37-40,53-54H,9-23,25-27,32-36H2,1-8H3. The fraction of sp³-hybridized carbons (Fsp3) is 0.615. The molecule has 1 saturated heterocycles. The zero-order valence-electron chi connectivity index (χ0n) is 36.9. The van der Waals surface area contributed by atoms with Crippen molar-refractivity contribution in [3.63, 3.8) is 0 Å². The van der Waals surface area contributed by atoms with Crippen molar-refractivity contribution in [1.29, 1.82) is 0 Å². The molecule has 0 bridgehead atoms. The van der Waals surface area contributed by atoms with Gasteiger partial charge in [0.15, 0.2) is 0 Å². The van der Waals surface area contributed by atoms with Crippen molar-refractivity contribution in [2.75, 3.05) is 31.6 Å². The van der Waals surface area contributed by atoms with E-state index in [4.69, 9.17) is 0 Å². The van der Waals surface area contributed by atoms with E-state index in [1.165, 1.54) is 177 Å². The molecule has 1 fully saturated rings. The first-order chi connectivity index (χ1) is 26.7. The van der Waals surface area contributed by atoms with Crippen LogP contribution in [0.2, 0.25) is 0 Å². The predicted octanol–water partition coefficient (Wildman–Crippen LogP) is 14.9. The van der Waals surface area contributed by atoms with Crippen LogP contribution in [0.3, 0.4) is 0 Å². The highest BCUT2D eigenvalue weighted by Gasteiger charge is 2.41. The average molecular weight is 765 g/mol. The number of benzene rings is 2. The minimum atomic E-state index is -0.363. The van der Waals surface area contributed by atoms with E-state index in [-0.39, 0.29) is 13.3 Å². The van der Waals surface area contributed by atoms with Crippen molar-refractivity contribution in [3.8, 4) is 0 Å². The number of allylic oxidation sites excluding steroid dienone is 7. The molecule has 1 aliphatic heterocycles. The summed E-state index contributed by atoms with van der Waals surface area (Å²) in [5.41, 5.74) is 13.2. The lowest BCUT2D eigenvalue weighted by Crippen LogP contribution is -2.33. The van der Waals surface area contributed by atoms with Crippen molar-refractivity contribution in [3.05, 3.63) is 111 Å². The van der Waals surface area contributed by atoms with E-state index in [9.17, 15) is 0 Å². The van der Waals surface area contributed by atoms with Crippen LogP contribution in [0.4, 0.5) is 0 Å². The summed E-state index contributed by atoms with van der Waals surface area (Å²) in [5, 5.41) is 7.59. The molecule has 0 spiro atoms. The van der Waals surface area contributed by atoms with Crippen LogP contribution >= 0.6 is 7.92 Å². The molecule has 1 heterocycles. The largest absolute Gasteiger partial charge is 0.370 e. The van der Waals surface area contributed by atoms with Crippen molar-refractivity contribution in [1.82, 2.24) is 10.6 Å². The zero-order valence-corrected chi connectivity index (χ0v) is 37.8. The molecule has 55 heavy (non-hydrogen) atoms. The molecule has 2 aromatic rings. The molecule has 2 aliphatic rings. The molecule has 1 atom stereocenters. The molecule has 304 valence electrons. The van der Waals surface area contributed by atoms with E-state index in [0.717, 1.165) is 19.5 Å². The summed E-state index contributed by atoms with van der Waals surface area (Å²) < 4.78 is 0. The summed E-state index contributed by atoms with van der Waals surface area (Å²) >= 11 is 0. The molecule has 4 rings (SSSR count). The van der Waals surface area contributed by atoms with Gasteiger partial charge in [-0.25, -0.2) is 0 Å². The fourth-order valence-electron chi connectivity index (χ4n) is 9.68. The van der Waals surface area contributed by atoms with Gasteiger partial charge in [0, 0.05) is 18.7 Å². The smallest absolute Gasteiger partial charge is 0.104 e. The third-order valence-corrected chi connectivity index (χ3v) is 15.0.